The molecule has 22 heavy (non-hydrogen) atoms. The SMILES string of the molecule is O=C(NCC1=CCNCC1)c1cc(-c2ccccc2Cl)n[nH]1. The third-order valence-electron chi connectivity index (χ3n) is 3.61. The summed E-state index contributed by atoms with van der Waals surface area (Å²) in [6, 6.07) is 9.14. The molecule has 3 N–H and O–H groups in total. The van der Waals surface area contributed by atoms with Crippen molar-refractivity contribution in [1.29, 1.82) is 0 Å². The van der Waals surface area contributed by atoms with Crippen molar-refractivity contribution in [2.45, 2.75) is 6.42 Å². The molecule has 1 aliphatic heterocycles. The van der Waals surface area contributed by atoms with Gasteiger partial charge in [0, 0.05) is 18.7 Å². The van der Waals surface area contributed by atoms with Crippen LogP contribution in [0.1, 0.15) is 16.9 Å². The van der Waals surface area contributed by atoms with Crippen LogP contribution >= 0.6 is 11.6 Å². The number of benzene rings is 1. The molecule has 1 aromatic heterocycles. The van der Waals surface area contributed by atoms with Crippen LogP contribution in [0, 0.1) is 0 Å². The zero-order chi connectivity index (χ0) is 15.4. The minimum absolute atomic E-state index is 0.162. The molecule has 0 unspecified atom stereocenters. The van der Waals surface area contributed by atoms with E-state index in [1.807, 2.05) is 18.2 Å². The fourth-order valence-electron chi connectivity index (χ4n) is 2.36. The number of carbonyl (C=O) groups excluding carboxylic acids is 1. The van der Waals surface area contributed by atoms with Gasteiger partial charge in [-0.2, -0.15) is 5.10 Å². The number of aromatic amines is 1. The van der Waals surface area contributed by atoms with E-state index in [0.29, 0.717) is 23.0 Å². The second-order valence-corrected chi connectivity index (χ2v) is 5.55. The van der Waals surface area contributed by atoms with Crippen LogP contribution in [0.4, 0.5) is 0 Å². The summed E-state index contributed by atoms with van der Waals surface area (Å²) >= 11 is 6.14. The molecule has 5 nitrogen and oxygen atoms in total. The Bertz CT molecular complexity index is 708. The van der Waals surface area contributed by atoms with Crippen molar-refractivity contribution in [3.63, 3.8) is 0 Å². The van der Waals surface area contributed by atoms with E-state index >= 15 is 0 Å². The number of nitrogens with one attached hydrogen (secondary N) is 3. The summed E-state index contributed by atoms with van der Waals surface area (Å²) in [5.41, 5.74) is 3.15. The van der Waals surface area contributed by atoms with E-state index in [9.17, 15) is 4.79 Å². The van der Waals surface area contributed by atoms with E-state index in [1.165, 1.54) is 5.57 Å². The van der Waals surface area contributed by atoms with Gasteiger partial charge in [0.15, 0.2) is 0 Å². The summed E-state index contributed by atoms with van der Waals surface area (Å²) in [6.07, 6.45) is 3.08. The molecule has 0 fully saturated rings. The van der Waals surface area contributed by atoms with E-state index in [0.717, 1.165) is 25.1 Å². The smallest absolute Gasteiger partial charge is 0.269 e. The van der Waals surface area contributed by atoms with Crippen LogP contribution in [-0.2, 0) is 0 Å². The molecule has 0 aliphatic carbocycles. The van der Waals surface area contributed by atoms with Crippen LogP contribution < -0.4 is 10.6 Å². The number of nitrogens with zero attached hydrogens (tertiary/aromatic N) is 1. The molecule has 114 valence electrons. The lowest BCUT2D eigenvalue weighted by atomic mass is 10.1. The number of amides is 1. The average molecular weight is 317 g/mol. The highest BCUT2D eigenvalue weighted by Gasteiger charge is 2.13. The van der Waals surface area contributed by atoms with Gasteiger partial charge in [-0.15, -0.1) is 0 Å². The van der Waals surface area contributed by atoms with Crippen molar-refractivity contribution < 1.29 is 4.79 Å². The van der Waals surface area contributed by atoms with Crippen molar-refractivity contribution in [3.05, 3.63) is 52.7 Å². The topological polar surface area (TPSA) is 69.8 Å². The first kappa shape index (κ1) is 14.8. The van der Waals surface area contributed by atoms with E-state index in [4.69, 9.17) is 11.6 Å². The highest BCUT2D eigenvalue weighted by atomic mass is 35.5. The summed E-state index contributed by atoms with van der Waals surface area (Å²) in [7, 11) is 0. The Kier molecular flexibility index (Phi) is 4.56. The maximum absolute atomic E-state index is 12.2. The largest absolute Gasteiger partial charge is 0.347 e. The predicted octanol–water partition coefficient (Wildman–Crippen LogP) is 2.38. The van der Waals surface area contributed by atoms with Crippen LogP contribution in [0.3, 0.4) is 0 Å². The number of hydrogen-bond donors (Lipinski definition) is 3. The van der Waals surface area contributed by atoms with E-state index < -0.39 is 0 Å². The van der Waals surface area contributed by atoms with Crippen LogP contribution in [0.5, 0.6) is 0 Å². The standard InChI is InChI=1S/C16H17ClN4O/c17-13-4-2-1-3-12(13)14-9-15(21-20-14)16(22)19-10-11-5-7-18-8-6-11/h1-5,9,18H,6-8,10H2,(H,19,22)(H,20,21). The first-order valence-electron chi connectivity index (χ1n) is 7.21. The van der Waals surface area contributed by atoms with Crippen molar-refractivity contribution in [2.24, 2.45) is 0 Å². The van der Waals surface area contributed by atoms with Crippen molar-refractivity contribution >= 4 is 17.5 Å². The number of rotatable bonds is 4. The van der Waals surface area contributed by atoms with Crippen LogP contribution in [0.25, 0.3) is 11.3 Å². The third kappa shape index (κ3) is 3.37. The van der Waals surface area contributed by atoms with Gasteiger partial charge >= 0.3 is 0 Å². The number of hydrogen-bond acceptors (Lipinski definition) is 3. The Balaban J connectivity index is 1.67. The number of carbonyl (C=O) groups is 1. The first-order valence-corrected chi connectivity index (χ1v) is 7.59. The van der Waals surface area contributed by atoms with Gasteiger partial charge in [0.2, 0.25) is 0 Å². The molecule has 0 saturated heterocycles. The van der Waals surface area contributed by atoms with Gasteiger partial charge in [-0.25, -0.2) is 0 Å². The maximum Gasteiger partial charge on any atom is 0.269 e. The second kappa shape index (κ2) is 6.77. The van der Waals surface area contributed by atoms with E-state index in [-0.39, 0.29) is 5.91 Å². The molecule has 1 aromatic carbocycles. The Morgan fingerprint density at radius 2 is 2.23 bits per heavy atom. The zero-order valence-corrected chi connectivity index (χ0v) is 12.8. The fourth-order valence-corrected chi connectivity index (χ4v) is 2.60. The monoisotopic (exact) mass is 316 g/mol. The molecule has 2 aromatic rings. The second-order valence-electron chi connectivity index (χ2n) is 5.15. The Hall–Kier alpha value is -2.11. The maximum atomic E-state index is 12.2. The van der Waals surface area contributed by atoms with Crippen molar-refractivity contribution in [1.82, 2.24) is 20.8 Å². The summed E-state index contributed by atoms with van der Waals surface area (Å²) in [4.78, 5) is 12.2. The minimum Gasteiger partial charge on any atom is -0.347 e. The minimum atomic E-state index is -0.162. The quantitative estimate of drug-likeness (QED) is 0.759. The van der Waals surface area contributed by atoms with Crippen molar-refractivity contribution in [3.8, 4) is 11.3 Å². The van der Waals surface area contributed by atoms with Gasteiger partial charge in [-0.05, 0) is 25.1 Å². The van der Waals surface area contributed by atoms with Gasteiger partial charge in [0.05, 0.1) is 10.7 Å². The lowest BCUT2D eigenvalue weighted by Crippen LogP contribution is -2.29. The highest BCUT2D eigenvalue weighted by molar-refractivity contribution is 6.33. The molecule has 6 heteroatoms. The molecule has 0 spiro atoms. The third-order valence-corrected chi connectivity index (χ3v) is 3.94. The van der Waals surface area contributed by atoms with Crippen LogP contribution in [0.2, 0.25) is 5.02 Å². The van der Waals surface area contributed by atoms with Gasteiger partial charge in [0.25, 0.3) is 5.91 Å². The number of aromatic nitrogens is 2. The van der Waals surface area contributed by atoms with Gasteiger partial charge < -0.3 is 10.6 Å². The van der Waals surface area contributed by atoms with Crippen LogP contribution in [0.15, 0.2) is 42.0 Å². The summed E-state index contributed by atoms with van der Waals surface area (Å²) in [5.74, 6) is -0.162. The molecule has 3 rings (SSSR count). The molecule has 0 bridgehead atoms. The van der Waals surface area contributed by atoms with Crippen molar-refractivity contribution in [2.75, 3.05) is 19.6 Å². The predicted molar refractivity (Wildman–Crippen MR) is 86.9 cm³/mol. The normalized spacial score (nSPS) is 14.5. The number of halogens is 1. The molecule has 1 amide bonds. The first-order chi connectivity index (χ1) is 10.7. The summed E-state index contributed by atoms with van der Waals surface area (Å²) in [5, 5.41) is 13.7. The van der Waals surface area contributed by atoms with Gasteiger partial charge in [-0.1, -0.05) is 41.4 Å². The summed E-state index contributed by atoms with van der Waals surface area (Å²) < 4.78 is 0. The van der Waals surface area contributed by atoms with Gasteiger partial charge in [0.1, 0.15) is 5.69 Å². The lowest BCUT2D eigenvalue weighted by molar-refractivity contribution is 0.0951. The van der Waals surface area contributed by atoms with Gasteiger partial charge in [-0.3, -0.25) is 9.89 Å². The Morgan fingerprint density at radius 1 is 1.36 bits per heavy atom. The number of H-pyrrole nitrogens is 1. The molecule has 0 atom stereocenters. The fraction of sp³-hybridized carbons (Fsp3) is 0.250. The Morgan fingerprint density at radius 3 is 3.00 bits per heavy atom. The molecular weight excluding hydrogens is 300 g/mol. The molecule has 2 heterocycles. The Labute approximate surface area is 133 Å². The molecule has 0 saturated carbocycles. The lowest BCUT2D eigenvalue weighted by Gasteiger charge is -2.14. The van der Waals surface area contributed by atoms with E-state index in [1.54, 1.807) is 12.1 Å². The summed E-state index contributed by atoms with van der Waals surface area (Å²) in [6.45, 7) is 2.40. The molecule has 0 radical (unpaired) electrons. The molecule has 1 aliphatic rings. The molecular formula is C16H17ClN4O. The average Bonchev–Trinajstić information content (AvgIpc) is 3.04. The zero-order valence-electron chi connectivity index (χ0n) is 12.0. The van der Waals surface area contributed by atoms with E-state index in [2.05, 4.69) is 26.9 Å². The van der Waals surface area contributed by atoms with Crippen LogP contribution in [-0.4, -0.2) is 35.7 Å². The highest BCUT2D eigenvalue weighted by Crippen LogP contribution is 2.26.